The van der Waals surface area contributed by atoms with Crippen molar-refractivity contribution in [3.63, 3.8) is 0 Å². The fourth-order valence-electron chi connectivity index (χ4n) is 2.52. The zero-order valence-corrected chi connectivity index (χ0v) is 15.4. The molecular weight excluding hydrogens is 348 g/mol. The number of hydrogen-bond acceptors (Lipinski definition) is 6. The number of ether oxygens (including phenoxy) is 1. The average Bonchev–Trinajstić information content (AvgIpc) is 3.09. The molecule has 0 N–H and O–H groups in total. The van der Waals surface area contributed by atoms with E-state index in [-0.39, 0.29) is 11.7 Å². The van der Waals surface area contributed by atoms with Crippen molar-refractivity contribution < 1.29 is 9.53 Å². The molecule has 0 radical (unpaired) electrons. The maximum absolute atomic E-state index is 11.7. The van der Waals surface area contributed by atoms with Crippen LogP contribution in [0, 0.1) is 0 Å². The van der Waals surface area contributed by atoms with Crippen molar-refractivity contribution in [3.05, 3.63) is 60.4 Å². The zero-order valence-electron chi connectivity index (χ0n) is 14.5. The molecule has 134 valence electrons. The highest BCUT2D eigenvalue weighted by molar-refractivity contribution is 7.99. The number of aryl methyl sites for hydroxylation is 1. The van der Waals surface area contributed by atoms with Crippen LogP contribution < -0.4 is 0 Å². The predicted molar refractivity (Wildman–Crippen MR) is 101 cm³/mol. The van der Waals surface area contributed by atoms with Gasteiger partial charge in [-0.25, -0.2) is 0 Å². The van der Waals surface area contributed by atoms with Crippen LogP contribution in [0.4, 0.5) is 0 Å². The molecule has 0 unspecified atom stereocenters. The summed E-state index contributed by atoms with van der Waals surface area (Å²) in [7, 11) is 0. The van der Waals surface area contributed by atoms with Gasteiger partial charge in [-0.3, -0.25) is 9.78 Å². The molecule has 3 aromatic rings. The second-order valence-corrected chi connectivity index (χ2v) is 6.47. The number of carbonyl (C=O) groups excluding carboxylic acids is 1. The molecule has 1 aromatic carbocycles. The highest BCUT2D eigenvalue weighted by Gasteiger charge is 2.16. The number of nitrogens with zero attached hydrogens (tertiary/aromatic N) is 4. The van der Waals surface area contributed by atoms with Crippen LogP contribution in [0.3, 0.4) is 0 Å². The van der Waals surface area contributed by atoms with E-state index in [1.54, 1.807) is 19.3 Å². The Morgan fingerprint density at radius 3 is 2.73 bits per heavy atom. The average molecular weight is 368 g/mol. The van der Waals surface area contributed by atoms with Gasteiger partial charge >= 0.3 is 5.97 Å². The molecule has 0 saturated heterocycles. The summed E-state index contributed by atoms with van der Waals surface area (Å²) in [5.74, 6) is 0.711. The summed E-state index contributed by atoms with van der Waals surface area (Å²) < 4.78 is 7.03. The lowest BCUT2D eigenvalue weighted by Crippen LogP contribution is -2.09. The van der Waals surface area contributed by atoms with Crippen LogP contribution in [0.5, 0.6) is 0 Å². The SMILES string of the molecule is CCOC(=O)CSc1nnc(-c2cccnc2)n1CCc1ccccc1. The molecule has 6 nitrogen and oxygen atoms in total. The molecule has 0 aliphatic heterocycles. The van der Waals surface area contributed by atoms with Crippen LogP contribution in [0.15, 0.2) is 60.0 Å². The van der Waals surface area contributed by atoms with Crippen molar-refractivity contribution in [1.82, 2.24) is 19.7 Å². The molecule has 26 heavy (non-hydrogen) atoms. The zero-order chi connectivity index (χ0) is 18.2. The van der Waals surface area contributed by atoms with Gasteiger partial charge in [0.15, 0.2) is 11.0 Å². The lowest BCUT2D eigenvalue weighted by atomic mass is 10.1. The largest absolute Gasteiger partial charge is 0.465 e. The molecule has 0 fully saturated rings. The summed E-state index contributed by atoms with van der Waals surface area (Å²) in [5, 5.41) is 9.30. The Balaban J connectivity index is 1.82. The molecule has 2 aromatic heterocycles. The van der Waals surface area contributed by atoms with E-state index >= 15 is 0 Å². The maximum atomic E-state index is 11.7. The number of aromatic nitrogens is 4. The van der Waals surface area contributed by atoms with E-state index in [0.29, 0.717) is 18.3 Å². The standard InChI is InChI=1S/C19H20N4O2S/c1-2-25-17(24)14-26-19-22-21-18(16-9-6-11-20-13-16)23(19)12-10-15-7-4-3-5-8-15/h3-9,11,13H,2,10,12,14H2,1H3. The van der Waals surface area contributed by atoms with E-state index in [1.807, 2.05) is 34.9 Å². The van der Waals surface area contributed by atoms with Crippen molar-refractivity contribution in [3.8, 4) is 11.4 Å². The molecular formula is C19H20N4O2S. The van der Waals surface area contributed by atoms with Gasteiger partial charge in [-0.15, -0.1) is 10.2 Å². The quantitative estimate of drug-likeness (QED) is 0.449. The van der Waals surface area contributed by atoms with Crippen LogP contribution in [0.1, 0.15) is 12.5 Å². The van der Waals surface area contributed by atoms with E-state index in [1.165, 1.54) is 17.3 Å². The monoisotopic (exact) mass is 368 g/mol. The first-order chi connectivity index (χ1) is 12.8. The van der Waals surface area contributed by atoms with Crippen LogP contribution in [0.25, 0.3) is 11.4 Å². The first kappa shape index (κ1) is 18.1. The Morgan fingerprint density at radius 2 is 2.00 bits per heavy atom. The molecule has 0 atom stereocenters. The van der Waals surface area contributed by atoms with Gasteiger partial charge < -0.3 is 9.30 Å². The summed E-state index contributed by atoms with van der Waals surface area (Å²) in [6, 6.07) is 14.1. The van der Waals surface area contributed by atoms with Gasteiger partial charge in [0, 0.05) is 24.5 Å². The molecule has 3 rings (SSSR count). The van der Waals surface area contributed by atoms with Crippen LogP contribution >= 0.6 is 11.8 Å². The van der Waals surface area contributed by atoms with E-state index in [9.17, 15) is 4.79 Å². The second-order valence-electron chi connectivity index (χ2n) is 5.53. The number of thioether (sulfide) groups is 1. The molecule has 0 aliphatic rings. The number of benzene rings is 1. The van der Waals surface area contributed by atoms with Gasteiger partial charge in [-0.1, -0.05) is 42.1 Å². The van der Waals surface area contributed by atoms with Crippen molar-refractivity contribution in [1.29, 1.82) is 0 Å². The smallest absolute Gasteiger partial charge is 0.316 e. The molecule has 2 heterocycles. The van der Waals surface area contributed by atoms with Crippen LogP contribution in [0.2, 0.25) is 0 Å². The molecule has 0 aliphatic carbocycles. The highest BCUT2D eigenvalue weighted by atomic mass is 32.2. The van der Waals surface area contributed by atoms with Gasteiger partial charge in [0.05, 0.1) is 12.4 Å². The van der Waals surface area contributed by atoms with E-state index < -0.39 is 0 Å². The minimum Gasteiger partial charge on any atom is -0.465 e. The summed E-state index contributed by atoms with van der Waals surface area (Å²) in [6.07, 6.45) is 4.34. The third-order valence-corrected chi connectivity index (χ3v) is 4.67. The first-order valence-corrected chi connectivity index (χ1v) is 9.42. The highest BCUT2D eigenvalue weighted by Crippen LogP contribution is 2.24. The number of pyridine rings is 1. The Morgan fingerprint density at radius 1 is 1.15 bits per heavy atom. The molecule has 0 amide bonds. The minimum atomic E-state index is -0.252. The Bertz CT molecular complexity index is 837. The fourth-order valence-corrected chi connectivity index (χ4v) is 3.28. The van der Waals surface area contributed by atoms with E-state index in [2.05, 4.69) is 27.3 Å². The Labute approximate surface area is 156 Å². The molecule has 0 bridgehead atoms. The van der Waals surface area contributed by atoms with Crippen molar-refractivity contribution >= 4 is 17.7 Å². The normalized spacial score (nSPS) is 10.7. The van der Waals surface area contributed by atoms with Gasteiger partial charge in [0.2, 0.25) is 0 Å². The van der Waals surface area contributed by atoms with Crippen LogP contribution in [-0.2, 0) is 22.5 Å². The molecule has 7 heteroatoms. The lowest BCUT2D eigenvalue weighted by Gasteiger charge is -2.10. The lowest BCUT2D eigenvalue weighted by molar-refractivity contribution is -0.139. The third kappa shape index (κ3) is 4.70. The number of hydrogen-bond donors (Lipinski definition) is 0. The maximum Gasteiger partial charge on any atom is 0.316 e. The van der Waals surface area contributed by atoms with E-state index in [0.717, 1.165) is 17.8 Å². The summed E-state index contributed by atoms with van der Waals surface area (Å²) in [5.41, 5.74) is 2.13. The van der Waals surface area contributed by atoms with Crippen LogP contribution in [-0.4, -0.2) is 38.1 Å². The fraction of sp³-hybridized carbons (Fsp3) is 0.263. The third-order valence-electron chi connectivity index (χ3n) is 3.73. The summed E-state index contributed by atoms with van der Waals surface area (Å²) in [4.78, 5) is 15.8. The number of esters is 1. The van der Waals surface area contributed by atoms with Gasteiger partial charge in [0.1, 0.15) is 0 Å². The summed E-state index contributed by atoms with van der Waals surface area (Å²) >= 11 is 1.34. The van der Waals surface area contributed by atoms with Gasteiger partial charge in [-0.05, 0) is 31.0 Å². The minimum absolute atomic E-state index is 0.213. The first-order valence-electron chi connectivity index (χ1n) is 8.44. The predicted octanol–water partition coefficient (Wildman–Crippen LogP) is 3.24. The molecule has 0 spiro atoms. The van der Waals surface area contributed by atoms with Gasteiger partial charge in [0.25, 0.3) is 0 Å². The number of rotatable bonds is 8. The summed E-state index contributed by atoms with van der Waals surface area (Å²) in [6.45, 7) is 2.89. The Kier molecular flexibility index (Phi) is 6.38. The van der Waals surface area contributed by atoms with Crippen molar-refractivity contribution in [2.45, 2.75) is 25.0 Å². The van der Waals surface area contributed by atoms with E-state index in [4.69, 9.17) is 4.74 Å². The van der Waals surface area contributed by atoms with Crippen molar-refractivity contribution in [2.24, 2.45) is 0 Å². The van der Waals surface area contributed by atoms with Gasteiger partial charge in [-0.2, -0.15) is 0 Å². The Hall–Kier alpha value is -2.67. The topological polar surface area (TPSA) is 69.9 Å². The molecule has 0 saturated carbocycles. The van der Waals surface area contributed by atoms with Crippen molar-refractivity contribution in [2.75, 3.05) is 12.4 Å². The second kappa shape index (κ2) is 9.15. The number of carbonyl (C=O) groups is 1.